The molecular weight excluding hydrogens is 429 g/mol. The lowest BCUT2D eigenvalue weighted by molar-refractivity contribution is -0.0544. The van der Waals surface area contributed by atoms with Gasteiger partial charge in [-0.3, -0.25) is 4.90 Å². The van der Waals surface area contributed by atoms with E-state index in [1.54, 1.807) is 6.07 Å². The van der Waals surface area contributed by atoms with Crippen molar-refractivity contribution >= 4 is 26.8 Å². The number of nitrogens with zero attached hydrogens (tertiary/aromatic N) is 1. The lowest BCUT2D eigenvalue weighted by Crippen LogP contribution is -2.48. The van der Waals surface area contributed by atoms with Gasteiger partial charge in [-0.15, -0.1) is 0 Å². The third kappa shape index (κ3) is 3.37. The van der Waals surface area contributed by atoms with E-state index in [4.69, 9.17) is 0 Å². The van der Waals surface area contributed by atoms with Crippen molar-refractivity contribution in [2.45, 2.75) is 44.7 Å². The molecule has 4 rings (SSSR count). The van der Waals surface area contributed by atoms with Crippen molar-refractivity contribution in [1.29, 1.82) is 0 Å². The van der Waals surface area contributed by atoms with Gasteiger partial charge in [-0.05, 0) is 48.7 Å². The quantitative estimate of drug-likeness (QED) is 0.483. The van der Waals surface area contributed by atoms with E-state index in [0.717, 1.165) is 21.3 Å². The van der Waals surface area contributed by atoms with Gasteiger partial charge < -0.3 is 4.98 Å². The smallest absolute Gasteiger partial charge is 0.260 e. The number of H-pyrrole nitrogens is 1. The minimum Gasteiger partial charge on any atom is -0.356 e. The van der Waals surface area contributed by atoms with Gasteiger partial charge in [-0.1, -0.05) is 41.1 Å². The summed E-state index contributed by atoms with van der Waals surface area (Å²) in [7, 11) is 0. The van der Waals surface area contributed by atoms with E-state index in [2.05, 4.69) is 20.9 Å². The fourth-order valence-electron chi connectivity index (χ4n) is 4.20. The molecule has 0 bridgehead atoms. The molecule has 0 radical (unpaired) electrons. The Balaban J connectivity index is 1.91. The number of aromatic nitrogens is 1. The summed E-state index contributed by atoms with van der Waals surface area (Å²) in [4.78, 5) is 5.19. The van der Waals surface area contributed by atoms with Crippen molar-refractivity contribution in [2.24, 2.45) is 0 Å². The van der Waals surface area contributed by atoms with Crippen LogP contribution in [0.5, 0.6) is 0 Å². The number of rotatable bonds is 4. The number of hydrogen-bond donors (Lipinski definition) is 1. The molecule has 2 heterocycles. The standard InChI is InChI=1S/C22H22BrF3N2/c1-3-22(25,26)12-28-13(2)11-16-19-17(24)5-4-6-18(19)27-20(16)21(28)14-7-9-15(23)10-8-14/h4-10,13,21,27H,3,11-12H2,1-2H3. The van der Waals surface area contributed by atoms with Crippen molar-refractivity contribution < 1.29 is 13.2 Å². The Hall–Kier alpha value is -1.79. The third-order valence-electron chi connectivity index (χ3n) is 5.70. The zero-order valence-corrected chi connectivity index (χ0v) is 17.4. The number of halogens is 4. The first-order valence-electron chi connectivity index (χ1n) is 9.48. The van der Waals surface area contributed by atoms with Gasteiger partial charge in [0.25, 0.3) is 5.92 Å². The molecule has 1 aliphatic rings. The van der Waals surface area contributed by atoms with Crippen molar-refractivity contribution in [3.63, 3.8) is 0 Å². The topological polar surface area (TPSA) is 19.0 Å². The summed E-state index contributed by atoms with van der Waals surface area (Å²) in [5.74, 6) is -3.06. The van der Waals surface area contributed by atoms with Gasteiger partial charge in [0.2, 0.25) is 0 Å². The van der Waals surface area contributed by atoms with Crippen LogP contribution in [-0.4, -0.2) is 28.4 Å². The van der Waals surface area contributed by atoms with Gasteiger partial charge in [-0.25, -0.2) is 13.2 Å². The second kappa shape index (κ2) is 7.23. The lowest BCUT2D eigenvalue weighted by atomic mass is 9.88. The fourth-order valence-corrected chi connectivity index (χ4v) is 4.46. The van der Waals surface area contributed by atoms with Crippen LogP contribution in [-0.2, 0) is 6.42 Å². The molecule has 0 saturated heterocycles. The first kappa shape index (κ1) is 19.5. The highest BCUT2D eigenvalue weighted by Crippen LogP contribution is 2.42. The highest BCUT2D eigenvalue weighted by Gasteiger charge is 2.41. The van der Waals surface area contributed by atoms with Gasteiger partial charge in [-0.2, -0.15) is 0 Å². The Labute approximate surface area is 170 Å². The predicted octanol–water partition coefficient (Wildman–Crippen LogP) is 6.45. The maximum absolute atomic E-state index is 14.6. The molecule has 28 heavy (non-hydrogen) atoms. The molecule has 2 aromatic carbocycles. The van der Waals surface area contributed by atoms with Crippen LogP contribution in [0.3, 0.4) is 0 Å². The minimum absolute atomic E-state index is 0.142. The number of aromatic amines is 1. The average Bonchev–Trinajstić information content (AvgIpc) is 3.02. The summed E-state index contributed by atoms with van der Waals surface area (Å²) in [5.41, 5.74) is 3.33. The van der Waals surface area contributed by atoms with E-state index in [1.165, 1.54) is 13.0 Å². The largest absolute Gasteiger partial charge is 0.356 e. The number of alkyl halides is 2. The number of fused-ring (bicyclic) bond motifs is 3. The van der Waals surface area contributed by atoms with E-state index in [1.807, 2.05) is 42.2 Å². The second-order valence-electron chi connectivity index (χ2n) is 7.57. The maximum atomic E-state index is 14.6. The molecule has 2 nitrogen and oxygen atoms in total. The monoisotopic (exact) mass is 450 g/mol. The van der Waals surface area contributed by atoms with Crippen molar-refractivity contribution in [3.05, 3.63) is 69.6 Å². The van der Waals surface area contributed by atoms with Crippen molar-refractivity contribution in [2.75, 3.05) is 6.54 Å². The van der Waals surface area contributed by atoms with Crippen LogP contribution >= 0.6 is 15.9 Å². The maximum Gasteiger partial charge on any atom is 0.260 e. The molecular formula is C22H22BrF3N2. The molecule has 2 atom stereocenters. The van der Waals surface area contributed by atoms with E-state index >= 15 is 0 Å². The summed E-state index contributed by atoms with van der Waals surface area (Å²) >= 11 is 3.43. The highest BCUT2D eigenvalue weighted by atomic mass is 79.9. The van der Waals surface area contributed by atoms with E-state index in [-0.39, 0.29) is 30.9 Å². The molecule has 3 aromatic rings. The lowest BCUT2D eigenvalue weighted by Gasteiger charge is -2.42. The van der Waals surface area contributed by atoms with Crippen molar-refractivity contribution in [3.8, 4) is 0 Å². The average molecular weight is 451 g/mol. The van der Waals surface area contributed by atoms with Crippen LogP contribution in [0.25, 0.3) is 10.9 Å². The van der Waals surface area contributed by atoms with E-state index in [9.17, 15) is 13.2 Å². The van der Waals surface area contributed by atoms with Crippen molar-refractivity contribution in [1.82, 2.24) is 9.88 Å². The molecule has 0 spiro atoms. The summed E-state index contributed by atoms with van der Waals surface area (Å²) in [5, 5.41) is 0.577. The first-order chi connectivity index (χ1) is 13.3. The summed E-state index contributed by atoms with van der Waals surface area (Å²) < 4.78 is 44.3. The number of hydrogen-bond acceptors (Lipinski definition) is 1. The normalized spacial score (nSPS) is 20.5. The van der Waals surface area contributed by atoms with Gasteiger partial charge in [0, 0.05) is 33.5 Å². The summed E-state index contributed by atoms with van der Waals surface area (Å²) in [6, 6.07) is 12.1. The van der Waals surface area contributed by atoms with Gasteiger partial charge in [0.15, 0.2) is 0 Å². The van der Waals surface area contributed by atoms with Gasteiger partial charge >= 0.3 is 0 Å². The predicted molar refractivity (Wildman–Crippen MR) is 109 cm³/mol. The molecule has 1 aliphatic heterocycles. The Morgan fingerprint density at radius 1 is 1.18 bits per heavy atom. The zero-order chi connectivity index (χ0) is 20.1. The minimum atomic E-state index is -2.78. The molecule has 1 N–H and O–H groups in total. The van der Waals surface area contributed by atoms with Gasteiger partial charge in [0.05, 0.1) is 12.6 Å². The third-order valence-corrected chi connectivity index (χ3v) is 6.23. The Morgan fingerprint density at radius 3 is 2.57 bits per heavy atom. The molecule has 1 aromatic heterocycles. The molecule has 6 heteroatoms. The van der Waals surface area contributed by atoms with Crippen LogP contribution in [0.15, 0.2) is 46.9 Å². The fraction of sp³-hybridized carbons (Fsp3) is 0.364. The summed E-state index contributed by atoms with van der Waals surface area (Å²) in [6.07, 6.45) is 0.320. The molecule has 148 valence electrons. The van der Waals surface area contributed by atoms with Crippen LogP contribution in [0.2, 0.25) is 0 Å². The van der Waals surface area contributed by atoms with Crippen LogP contribution < -0.4 is 0 Å². The SMILES string of the molecule is CCC(F)(F)CN1C(C)Cc2c([nH]c3cccc(F)c23)C1c1ccc(Br)cc1. The van der Waals surface area contributed by atoms with Gasteiger partial charge in [0.1, 0.15) is 5.82 Å². The first-order valence-corrected chi connectivity index (χ1v) is 10.3. The highest BCUT2D eigenvalue weighted by molar-refractivity contribution is 9.10. The van der Waals surface area contributed by atoms with Crippen LogP contribution in [0.4, 0.5) is 13.2 Å². The molecule has 0 aliphatic carbocycles. The molecule has 0 saturated carbocycles. The molecule has 2 unspecified atom stereocenters. The van der Waals surface area contributed by atoms with Crippen LogP contribution in [0.1, 0.15) is 43.1 Å². The van der Waals surface area contributed by atoms with Crippen LogP contribution in [0, 0.1) is 5.82 Å². The molecule has 0 fully saturated rings. The second-order valence-corrected chi connectivity index (χ2v) is 8.48. The Bertz CT molecular complexity index is 997. The zero-order valence-electron chi connectivity index (χ0n) is 15.8. The Kier molecular flexibility index (Phi) is 5.04. The van der Waals surface area contributed by atoms with E-state index in [0.29, 0.717) is 17.3 Å². The summed E-state index contributed by atoms with van der Waals surface area (Å²) in [6.45, 7) is 3.12. The Morgan fingerprint density at radius 2 is 1.89 bits per heavy atom. The number of nitrogens with one attached hydrogen (secondary N) is 1. The number of benzene rings is 2. The molecule has 0 amide bonds. The van der Waals surface area contributed by atoms with E-state index < -0.39 is 5.92 Å².